The van der Waals surface area contributed by atoms with Crippen LogP contribution in [0, 0.1) is 11.3 Å². The Kier molecular flexibility index (Phi) is 9.62. The summed E-state index contributed by atoms with van der Waals surface area (Å²) in [6.45, 7) is 1.30. The first-order valence-electron chi connectivity index (χ1n) is 9.26. The van der Waals surface area contributed by atoms with Gasteiger partial charge in [-0.25, -0.2) is 4.57 Å². The number of piperidine rings is 1. The van der Waals surface area contributed by atoms with E-state index in [0.717, 1.165) is 15.4 Å². The average molecular weight is 474 g/mol. The molecule has 0 unspecified atom stereocenters. The summed E-state index contributed by atoms with van der Waals surface area (Å²) >= 11 is 1.56. The maximum Gasteiger partial charge on any atom is 1.00 e. The summed E-state index contributed by atoms with van der Waals surface area (Å²) in [4.78, 5) is 21.0. The number of methoxy groups -OCH3 is 2. The summed E-state index contributed by atoms with van der Waals surface area (Å²) in [6.07, 6.45) is 2.49. The van der Waals surface area contributed by atoms with E-state index >= 15 is 0 Å². The Hall–Kier alpha value is -1.34. The minimum absolute atomic E-state index is 0. The van der Waals surface area contributed by atoms with E-state index in [4.69, 9.17) is 23.8 Å². The van der Waals surface area contributed by atoms with Crippen LogP contribution in [0.4, 0.5) is 5.00 Å². The zero-order chi connectivity index (χ0) is 21.7. The first-order valence-corrected chi connectivity index (χ1v) is 11.6. The third-order valence-electron chi connectivity index (χ3n) is 4.75. The predicted molar refractivity (Wildman–Crippen MR) is 117 cm³/mol. The van der Waals surface area contributed by atoms with E-state index in [0.29, 0.717) is 43.0 Å². The van der Waals surface area contributed by atoms with Gasteiger partial charge in [-0.3, -0.25) is 4.52 Å². The third kappa shape index (κ3) is 7.07. The standard InChI is InChI=1S/C20H23N2O6PS.Na.H/c1-26-18-5-3-14(12-19(18)27-2)15(13-21)11-17-4-6-20(30-17)22-9-7-16(8-10-22)28-29(23,24)25;;/h3-6,11-12,16H,7-10H2,1-2H3,(H2,23,24,25);;/q;+1;-1. The van der Waals surface area contributed by atoms with Gasteiger partial charge in [0.15, 0.2) is 11.5 Å². The predicted octanol–water partition coefficient (Wildman–Crippen LogP) is 1.02. The fraction of sp³-hybridized carbons (Fsp3) is 0.350. The van der Waals surface area contributed by atoms with Crippen molar-refractivity contribution in [1.82, 2.24) is 0 Å². The summed E-state index contributed by atoms with van der Waals surface area (Å²) in [5.74, 6) is 1.16. The summed E-state index contributed by atoms with van der Waals surface area (Å²) in [6, 6.07) is 11.5. The van der Waals surface area contributed by atoms with Gasteiger partial charge >= 0.3 is 37.4 Å². The Morgan fingerprint density at radius 3 is 2.48 bits per heavy atom. The number of nitriles is 1. The molecule has 0 spiro atoms. The SMILES string of the molecule is COc1ccc(C(C#N)=Cc2ccc(N3CCC(OP(=O)(O)O)CC3)s2)cc1OC.[H-].[Na+]. The van der Waals surface area contributed by atoms with Gasteiger partial charge in [0.25, 0.3) is 0 Å². The summed E-state index contributed by atoms with van der Waals surface area (Å²) < 4.78 is 26.4. The van der Waals surface area contributed by atoms with Gasteiger partial charge in [0.05, 0.1) is 37.0 Å². The van der Waals surface area contributed by atoms with Crippen LogP contribution in [0.25, 0.3) is 11.6 Å². The Morgan fingerprint density at radius 1 is 1.23 bits per heavy atom. The number of rotatable bonds is 7. The molecule has 2 heterocycles. The molecule has 1 aliphatic heterocycles. The monoisotopic (exact) mass is 474 g/mol. The molecule has 0 bridgehead atoms. The summed E-state index contributed by atoms with van der Waals surface area (Å²) in [7, 11) is -1.34. The van der Waals surface area contributed by atoms with E-state index in [1.54, 1.807) is 37.7 Å². The Bertz CT molecular complexity index is 1010. The molecule has 11 heteroatoms. The first-order chi connectivity index (χ1) is 14.3. The molecule has 1 fully saturated rings. The van der Waals surface area contributed by atoms with Crippen LogP contribution in [-0.4, -0.2) is 43.2 Å². The number of thiophene rings is 1. The molecule has 0 saturated carbocycles. The largest absolute Gasteiger partial charge is 1.00 e. The van der Waals surface area contributed by atoms with Crippen molar-refractivity contribution in [2.45, 2.75) is 18.9 Å². The minimum Gasteiger partial charge on any atom is -1.00 e. The molecule has 2 aromatic rings. The van der Waals surface area contributed by atoms with Gasteiger partial charge in [-0.2, -0.15) is 5.26 Å². The van der Waals surface area contributed by atoms with Crippen molar-refractivity contribution in [2.24, 2.45) is 0 Å². The smallest absolute Gasteiger partial charge is 1.00 e. The van der Waals surface area contributed by atoms with E-state index in [1.807, 2.05) is 24.3 Å². The number of phosphoric ester groups is 1. The van der Waals surface area contributed by atoms with Crippen molar-refractivity contribution < 1.29 is 59.3 Å². The Labute approximate surface area is 209 Å². The van der Waals surface area contributed by atoms with Crippen LogP contribution in [0.1, 0.15) is 24.7 Å². The third-order valence-corrected chi connectivity index (χ3v) is 6.42. The quantitative estimate of drug-likeness (QED) is 0.348. The molecule has 8 nitrogen and oxygen atoms in total. The minimum atomic E-state index is -4.45. The molecule has 0 radical (unpaired) electrons. The zero-order valence-corrected chi connectivity index (χ0v) is 21.4. The van der Waals surface area contributed by atoms with Gasteiger partial charge in [-0.15, -0.1) is 11.3 Å². The van der Waals surface area contributed by atoms with Gasteiger partial charge < -0.3 is 25.6 Å². The molecule has 0 atom stereocenters. The van der Waals surface area contributed by atoms with Crippen LogP contribution in [0.5, 0.6) is 11.5 Å². The van der Waals surface area contributed by atoms with E-state index in [1.165, 1.54) is 0 Å². The van der Waals surface area contributed by atoms with Crippen LogP contribution in [-0.2, 0) is 9.09 Å². The molecule has 3 rings (SSSR count). The van der Waals surface area contributed by atoms with E-state index in [9.17, 15) is 9.83 Å². The number of anilines is 1. The van der Waals surface area contributed by atoms with Crippen LogP contribution < -0.4 is 43.9 Å². The molecule has 162 valence electrons. The maximum atomic E-state index is 11.0. The second-order valence-corrected chi connectivity index (χ2v) is 8.98. The van der Waals surface area contributed by atoms with E-state index < -0.39 is 13.9 Å². The second kappa shape index (κ2) is 11.5. The van der Waals surface area contributed by atoms with Gasteiger partial charge in [-0.1, -0.05) is 0 Å². The fourth-order valence-electron chi connectivity index (χ4n) is 3.29. The van der Waals surface area contributed by atoms with Crippen LogP contribution in [0.3, 0.4) is 0 Å². The number of allylic oxidation sites excluding steroid dienone is 1. The molecule has 1 aliphatic rings. The zero-order valence-electron chi connectivity index (χ0n) is 18.6. The summed E-state index contributed by atoms with van der Waals surface area (Å²) in [5, 5.41) is 10.7. The number of hydrogen-bond acceptors (Lipinski definition) is 7. The second-order valence-electron chi connectivity index (χ2n) is 6.70. The van der Waals surface area contributed by atoms with Gasteiger partial charge in [0.1, 0.15) is 0 Å². The number of benzene rings is 1. The first kappa shape index (κ1) is 25.9. The van der Waals surface area contributed by atoms with Crippen LogP contribution in [0.2, 0.25) is 0 Å². The molecule has 31 heavy (non-hydrogen) atoms. The van der Waals surface area contributed by atoms with Crippen molar-refractivity contribution in [1.29, 1.82) is 5.26 Å². The molecule has 1 aromatic carbocycles. The van der Waals surface area contributed by atoms with Crippen LogP contribution in [0.15, 0.2) is 30.3 Å². The Balaban J connectivity index is 0.00000256. The van der Waals surface area contributed by atoms with Crippen molar-refractivity contribution in [3.8, 4) is 17.6 Å². The maximum absolute atomic E-state index is 11.0. The topological polar surface area (TPSA) is 112 Å². The van der Waals surface area contributed by atoms with Gasteiger partial charge in [0, 0.05) is 18.0 Å². The van der Waals surface area contributed by atoms with Crippen molar-refractivity contribution in [2.75, 3.05) is 32.2 Å². The number of phosphoric acid groups is 1. The molecule has 1 saturated heterocycles. The molecule has 2 N–H and O–H groups in total. The molecule has 0 aliphatic carbocycles. The molecule has 0 amide bonds. The number of ether oxygens (including phenoxy) is 2. The fourth-order valence-corrected chi connectivity index (χ4v) is 4.89. The molecular weight excluding hydrogens is 450 g/mol. The molecule has 1 aromatic heterocycles. The normalized spacial score (nSPS) is 15.2. The number of hydrogen-bond donors (Lipinski definition) is 2. The summed E-state index contributed by atoms with van der Waals surface area (Å²) in [5.41, 5.74) is 1.25. The molecular formula is C20H24N2NaO6PS. The Morgan fingerprint density at radius 2 is 1.90 bits per heavy atom. The van der Waals surface area contributed by atoms with Crippen molar-refractivity contribution in [3.05, 3.63) is 40.8 Å². The van der Waals surface area contributed by atoms with E-state index in [2.05, 4.69) is 11.0 Å². The average Bonchev–Trinajstić information content (AvgIpc) is 3.19. The van der Waals surface area contributed by atoms with Crippen LogP contribution >= 0.6 is 19.2 Å². The van der Waals surface area contributed by atoms with Crippen molar-refractivity contribution >= 4 is 35.8 Å². The van der Waals surface area contributed by atoms with Crippen molar-refractivity contribution in [3.63, 3.8) is 0 Å². The van der Waals surface area contributed by atoms with Gasteiger partial charge in [0.2, 0.25) is 0 Å². The van der Waals surface area contributed by atoms with E-state index in [-0.39, 0.29) is 31.0 Å². The number of nitrogens with zero attached hydrogens (tertiary/aromatic N) is 2. The van der Waals surface area contributed by atoms with Gasteiger partial charge in [-0.05, 0) is 54.8 Å².